The lowest BCUT2D eigenvalue weighted by Crippen LogP contribution is -2.29. The van der Waals surface area contributed by atoms with Gasteiger partial charge in [0.15, 0.2) is 11.5 Å². The Morgan fingerprint density at radius 2 is 1.73 bits per heavy atom. The van der Waals surface area contributed by atoms with Gasteiger partial charge in [0.1, 0.15) is 0 Å². The summed E-state index contributed by atoms with van der Waals surface area (Å²) in [4.78, 5) is 2.57. The average Bonchev–Trinajstić information content (AvgIpc) is 3.15. The average molecular weight is 405 g/mol. The molecule has 4 rings (SSSR count). The summed E-state index contributed by atoms with van der Waals surface area (Å²) >= 11 is 0. The van der Waals surface area contributed by atoms with Crippen LogP contribution in [0.1, 0.15) is 54.6 Å². The Labute approximate surface area is 180 Å². The number of aryl methyl sites for hydroxylation is 1. The lowest BCUT2D eigenvalue weighted by Gasteiger charge is -2.31. The van der Waals surface area contributed by atoms with E-state index >= 15 is 0 Å². The molecule has 2 heterocycles. The van der Waals surface area contributed by atoms with Crippen LogP contribution in [0.25, 0.3) is 0 Å². The van der Waals surface area contributed by atoms with Crippen molar-refractivity contribution in [3.63, 3.8) is 0 Å². The van der Waals surface area contributed by atoms with Crippen LogP contribution in [-0.2, 0) is 13.1 Å². The molecule has 1 unspecified atom stereocenters. The van der Waals surface area contributed by atoms with Crippen molar-refractivity contribution in [2.24, 2.45) is 0 Å². The number of ether oxygens (including phenoxy) is 2. The number of fused-ring (bicyclic) bond motifs is 1. The van der Waals surface area contributed by atoms with E-state index in [0.29, 0.717) is 5.92 Å². The van der Waals surface area contributed by atoms with Crippen molar-refractivity contribution in [2.45, 2.75) is 45.3 Å². The third kappa shape index (κ3) is 3.97. The number of hydrogen-bond donors (Lipinski definition) is 0. The predicted molar refractivity (Wildman–Crippen MR) is 121 cm³/mol. The largest absolute Gasteiger partial charge is 0.493 e. The number of benzene rings is 2. The number of nitrogens with zero attached hydrogens (tertiary/aromatic N) is 2. The molecule has 0 fully saturated rings. The molecular weight excluding hydrogens is 372 g/mol. The first-order chi connectivity index (χ1) is 14.6. The molecule has 158 valence electrons. The highest BCUT2D eigenvalue weighted by Crippen LogP contribution is 2.37. The first kappa shape index (κ1) is 20.5. The van der Waals surface area contributed by atoms with Crippen molar-refractivity contribution in [2.75, 3.05) is 20.8 Å². The quantitative estimate of drug-likeness (QED) is 0.533. The minimum absolute atomic E-state index is 0.208. The van der Waals surface area contributed by atoms with E-state index in [1.165, 1.54) is 16.8 Å². The van der Waals surface area contributed by atoms with Crippen LogP contribution in [0, 0.1) is 0 Å². The maximum Gasteiger partial charge on any atom is 0.165 e. The van der Waals surface area contributed by atoms with Crippen molar-refractivity contribution in [1.29, 1.82) is 0 Å². The molecular formula is C26H32N2O2. The van der Waals surface area contributed by atoms with Gasteiger partial charge in [-0.25, -0.2) is 0 Å². The molecule has 0 spiro atoms. The van der Waals surface area contributed by atoms with Crippen LogP contribution in [0.4, 0.5) is 0 Å². The van der Waals surface area contributed by atoms with Crippen molar-refractivity contribution in [3.05, 3.63) is 83.2 Å². The van der Waals surface area contributed by atoms with E-state index in [-0.39, 0.29) is 6.04 Å². The normalized spacial score (nSPS) is 16.9. The molecule has 0 saturated carbocycles. The van der Waals surface area contributed by atoms with Crippen LogP contribution in [0.15, 0.2) is 60.8 Å². The van der Waals surface area contributed by atoms with Gasteiger partial charge in [-0.3, -0.25) is 4.90 Å². The summed E-state index contributed by atoms with van der Waals surface area (Å²) in [6.07, 6.45) is 3.33. The molecule has 1 aliphatic heterocycles. The lowest BCUT2D eigenvalue weighted by atomic mass is 9.96. The standard InChI is InChI=1S/C26H32N2O2/c1-19(2)20-11-13-21(14-12-20)25-23-9-6-15-27(23)16-7-17-28(25)18-22-8-5-10-24(29-3)26(22)30-4/h5-6,8-15,19,25H,7,16-18H2,1-4H3. The molecule has 3 aromatic rings. The molecule has 1 aromatic heterocycles. The van der Waals surface area contributed by atoms with Crippen LogP contribution in [0.2, 0.25) is 0 Å². The number of aromatic nitrogens is 1. The summed E-state index contributed by atoms with van der Waals surface area (Å²) in [5.41, 5.74) is 5.22. The van der Waals surface area contributed by atoms with Gasteiger partial charge in [0.2, 0.25) is 0 Å². The fourth-order valence-electron chi connectivity index (χ4n) is 4.55. The molecule has 0 bridgehead atoms. The van der Waals surface area contributed by atoms with E-state index in [4.69, 9.17) is 9.47 Å². The Hall–Kier alpha value is -2.72. The molecule has 0 aliphatic carbocycles. The molecule has 4 heteroatoms. The fourth-order valence-corrected chi connectivity index (χ4v) is 4.55. The van der Waals surface area contributed by atoms with E-state index < -0.39 is 0 Å². The molecule has 0 amide bonds. The molecule has 1 atom stereocenters. The maximum atomic E-state index is 5.72. The molecule has 1 aliphatic rings. The van der Waals surface area contributed by atoms with Gasteiger partial charge in [0.05, 0.1) is 20.3 Å². The van der Waals surface area contributed by atoms with Crippen molar-refractivity contribution in [3.8, 4) is 11.5 Å². The van der Waals surface area contributed by atoms with Crippen molar-refractivity contribution >= 4 is 0 Å². The third-order valence-electron chi connectivity index (χ3n) is 6.13. The zero-order valence-electron chi connectivity index (χ0n) is 18.5. The molecule has 4 nitrogen and oxygen atoms in total. The van der Waals surface area contributed by atoms with Crippen molar-refractivity contribution < 1.29 is 9.47 Å². The Morgan fingerprint density at radius 1 is 0.933 bits per heavy atom. The van der Waals surface area contributed by atoms with Crippen LogP contribution in [0.5, 0.6) is 11.5 Å². The number of methoxy groups -OCH3 is 2. The van der Waals surface area contributed by atoms with Crippen LogP contribution in [0.3, 0.4) is 0 Å². The van der Waals surface area contributed by atoms with E-state index in [2.05, 4.69) is 72.0 Å². The number of para-hydroxylation sites is 1. The van der Waals surface area contributed by atoms with Gasteiger partial charge in [0, 0.05) is 37.1 Å². The van der Waals surface area contributed by atoms with Gasteiger partial charge in [-0.2, -0.15) is 0 Å². The summed E-state index contributed by atoms with van der Waals surface area (Å²) in [6.45, 7) is 7.37. The Balaban J connectivity index is 1.74. The smallest absolute Gasteiger partial charge is 0.165 e. The van der Waals surface area contributed by atoms with Crippen molar-refractivity contribution in [1.82, 2.24) is 9.47 Å². The third-order valence-corrected chi connectivity index (χ3v) is 6.13. The van der Waals surface area contributed by atoms with Gasteiger partial charge >= 0.3 is 0 Å². The summed E-state index contributed by atoms with van der Waals surface area (Å²) in [7, 11) is 3.41. The van der Waals surface area contributed by atoms with Crippen LogP contribution < -0.4 is 9.47 Å². The number of rotatable bonds is 6. The second-order valence-electron chi connectivity index (χ2n) is 8.33. The van der Waals surface area contributed by atoms with Gasteiger partial charge < -0.3 is 14.0 Å². The lowest BCUT2D eigenvalue weighted by molar-refractivity contribution is 0.216. The SMILES string of the molecule is COc1cccc(CN2CCCn3cccc3C2c2ccc(C(C)C)cc2)c1OC. The van der Waals surface area contributed by atoms with E-state index in [9.17, 15) is 0 Å². The summed E-state index contributed by atoms with van der Waals surface area (Å²) in [6, 6.07) is 20.0. The van der Waals surface area contributed by atoms with Crippen LogP contribution >= 0.6 is 0 Å². The predicted octanol–water partition coefficient (Wildman–Crippen LogP) is 5.62. The maximum absolute atomic E-state index is 5.72. The van der Waals surface area contributed by atoms with E-state index in [0.717, 1.165) is 43.1 Å². The highest BCUT2D eigenvalue weighted by atomic mass is 16.5. The summed E-state index contributed by atoms with van der Waals surface area (Å²) in [5.74, 6) is 2.15. The highest BCUT2D eigenvalue weighted by Gasteiger charge is 2.28. The fraction of sp³-hybridized carbons (Fsp3) is 0.385. The monoisotopic (exact) mass is 404 g/mol. The van der Waals surface area contributed by atoms with Crippen LogP contribution in [-0.4, -0.2) is 30.2 Å². The molecule has 30 heavy (non-hydrogen) atoms. The minimum Gasteiger partial charge on any atom is -0.493 e. The first-order valence-electron chi connectivity index (χ1n) is 10.8. The van der Waals surface area contributed by atoms with Gasteiger partial charge in [-0.15, -0.1) is 0 Å². The van der Waals surface area contributed by atoms with Gasteiger partial charge in [-0.05, 0) is 41.7 Å². The Kier molecular flexibility index (Phi) is 6.14. The molecule has 0 saturated heterocycles. The number of hydrogen-bond acceptors (Lipinski definition) is 3. The Morgan fingerprint density at radius 3 is 2.43 bits per heavy atom. The van der Waals surface area contributed by atoms with E-state index in [1.54, 1.807) is 14.2 Å². The highest BCUT2D eigenvalue weighted by molar-refractivity contribution is 5.47. The molecule has 2 aromatic carbocycles. The van der Waals surface area contributed by atoms with E-state index in [1.807, 2.05) is 12.1 Å². The zero-order chi connectivity index (χ0) is 21.1. The second-order valence-corrected chi connectivity index (χ2v) is 8.33. The summed E-state index contributed by atoms with van der Waals surface area (Å²) in [5, 5.41) is 0. The topological polar surface area (TPSA) is 26.6 Å². The van der Waals surface area contributed by atoms with Gasteiger partial charge in [0.25, 0.3) is 0 Å². The second kappa shape index (κ2) is 8.97. The van der Waals surface area contributed by atoms with Gasteiger partial charge in [-0.1, -0.05) is 50.2 Å². The molecule has 0 N–H and O–H groups in total. The summed E-state index contributed by atoms with van der Waals surface area (Å²) < 4.78 is 13.7. The molecule has 0 radical (unpaired) electrons. The zero-order valence-corrected chi connectivity index (χ0v) is 18.5. The Bertz CT molecular complexity index is 975. The minimum atomic E-state index is 0.208. The first-order valence-corrected chi connectivity index (χ1v) is 10.8.